The summed E-state index contributed by atoms with van der Waals surface area (Å²) in [4.78, 5) is 17.0. The standard InChI is InChI=1S/C13H16FN3O/c1-16-6-2-3-10(8-16)17-12-5-4-9(14)7-11(12)15-13(17)18/h4-5,7,10H,2-3,6,8H2,1H3,(H,15,18). The van der Waals surface area contributed by atoms with Gasteiger partial charge in [0.15, 0.2) is 0 Å². The maximum atomic E-state index is 13.1. The van der Waals surface area contributed by atoms with Gasteiger partial charge < -0.3 is 9.88 Å². The van der Waals surface area contributed by atoms with Gasteiger partial charge >= 0.3 is 5.69 Å². The highest BCUT2D eigenvalue weighted by Gasteiger charge is 2.22. The van der Waals surface area contributed by atoms with E-state index in [1.807, 2.05) is 0 Å². The molecule has 1 aromatic carbocycles. The van der Waals surface area contributed by atoms with Gasteiger partial charge in [-0.2, -0.15) is 0 Å². The molecule has 1 aliphatic rings. The number of likely N-dealkylation sites (tertiary alicyclic amines) is 1. The van der Waals surface area contributed by atoms with Crippen LogP contribution in [-0.4, -0.2) is 34.6 Å². The van der Waals surface area contributed by atoms with Crippen LogP contribution in [0.1, 0.15) is 18.9 Å². The van der Waals surface area contributed by atoms with Crippen molar-refractivity contribution in [1.82, 2.24) is 14.5 Å². The lowest BCUT2D eigenvalue weighted by atomic mass is 10.1. The van der Waals surface area contributed by atoms with Gasteiger partial charge in [-0.3, -0.25) is 4.57 Å². The van der Waals surface area contributed by atoms with Crippen LogP contribution in [0.25, 0.3) is 11.0 Å². The SMILES string of the molecule is CN1CCCC(n2c(=O)[nH]c3cc(F)ccc32)C1. The first-order valence-electron chi connectivity index (χ1n) is 6.23. The minimum absolute atomic E-state index is 0.143. The Balaban J connectivity index is 2.10. The molecule has 96 valence electrons. The molecular weight excluding hydrogens is 233 g/mol. The van der Waals surface area contributed by atoms with Crippen LogP contribution in [0.2, 0.25) is 0 Å². The Hall–Kier alpha value is -1.62. The van der Waals surface area contributed by atoms with Crippen LogP contribution in [0.3, 0.4) is 0 Å². The van der Waals surface area contributed by atoms with Crippen molar-refractivity contribution >= 4 is 11.0 Å². The molecule has 0 amide bonds. The Labute approximate surface area is 104 Å². The van der Waals surface area contributed by atoms with E-state index in [9.17, 15) is 9.18 Å². The molecule has 3 rings (SSSR count). The molecule has 5 heteroatoms. The van der Waals surface area contributed by atoms with Crippen molar-refractivity contribution < 1.29 is 4.39 Å². The van der Waals surface area contributed by atoms with Crippen LogP contribution in [-0.2, 0) is 0 Å². The summed E-state index contributed by atoms with van der Waals surface area (Å²) in [6.45, 7) is 1.94. The van der Waals surface area contributed by atoms with E-state index >= 15 is 0 Å². The number of benzene rings is 1. The van der Waals surface area contributed by atoms with E-state index in [1.165, 1.54) is 12.1 Å². The molecule has 2 aromatic rings. The van der Waals surface area contributed by atoms with Gasteiger partial charge in [0, 0.05) is 6.54 Å². The average molecular weight is 249 g/mol. The molecule has 1 fully saturated rings. The Kier molecular flexibility index (Phi) is 2.70. The van der Waals surface area contributed by atoms with Crippen molar-refractivity contribution in [2.75, 3.05) is 20.1 Å². The minimum atomic E-state index is -0.323. The van der Waals surface area contributed by atoms with Crippen molar-refractivity contribution in [3.05, 3.63) is 34.5 Å². The summed E-state index contributed by atoms with van der Waals surface area (Å²) in [5, 5.41) is 0. The second kappa shape index (κ2) is 4.24. The highest BCUT2D eigenvalue weighted by molar-refractivity contribution is 5.75. The number of hydrogen-bond donors (Lipinski definition) is 1. The Bertz CT molecular complexity index is 631. The second-order valence-electron chi connectivity index (χ2n) is 5.02. The molecule has 1 aliphatic heterocycles. The van der Waals surface area contributed by atoms with Crippen LogP contribution >= 0.6 is 0 Å². The molecule has 18 heavy (non-hydrogen) atoms. The van der Waals surface area contributed by atoms with Gasteiger partial charge in [-0.05, 0) is 44.6 Å². The molecule has 1 unspecified atom stereocenters. The zero-order valence-electron chi connectivity index (χ0n) is 10.3. The van der Waals surface area contributed by atoms with Crippen LogP contribution in [0.15, 0.2) is 23.0 Å². The first-order chi connectivity index (χ1) is 8.65. The third-order valence-electron chi connectivity index (χ3n) is 3.64. The predicted octanol–water partition coefficient (Wildman–Crippen LogP) is 1.74. The van der Waals surface area contributed by atoms with Crippen molar-refractivity contribution in [3.63, 3.8) is 0 Å². The fraction of sp³-hybridized carbons (Fsp3) is 0.462. The molecule has 1 aromatic heterocycles. The van der Waals surface area contributed by atoms with Crippen LogP contribution in [0, 0.1) is 5.82 Å². The molecule has 2 heterocycles. The molecule has 4 nitrogen and oxygen atoms in total. The molecule has 0 spiro atoms. The molecular formula is C13H16FN3O. The molecule has 0 radical (unpaired) electrons. The van der Waals surface area contributed by atoms with E-state index in [0.717, 1.165) is 31.4 Å². The lowest BCUT2D eigenvalue weighted by molar-refractivity contribution is 0.212. The highest BCUT2D eigenvalue weighted by Crippen LogP contribution is 2.23. The molecule has 1 atom stereocenters. The summed E-state index contributed by atoms with van der Waals surface area (Å²) in [5.41, 5.74) is 1.23. The highest BCUT2D eigenvalue weighted by atomic mass is 19.1. The Morgan fingerprint density at radius 1 is 1.44 bits per heavy atom. The average Bonchev–Trinajstić information content (AvgIpc) is 2.64. The maximum Gasteiger partial charge on any atom is 0.326 e. The Morgan fingerprint density at radius 3 is 3.06 bits per heavy atom. The smallest absolute Gasteiger partial charge is 0.305 e. The van der Waals surface area contributed by atoms with Crippen LogP contribution < -0.4 is 5.69 Å². The summed E-state index contributed by atoms with van der Waals surface area (Å²) >= 11 is 0. The third kappa shape index (κ3) is 1.84. The number of rotatable bonds is 1. The number of aromatic amines is 1. The van der Waals surface area contributed by atoms with Gasteiger partial charge in [0.1, 0.15) is 5.82 Å². The number of nitrogens with zero attached hydrogens (tertiary/aromatic N) is 2. The molecule has 0 aliphatic carbocycles. The number of likely N-dealkylation sites (N-methyl/N-ethyl adjacent to an activating group) is 1. The topological polar surface area (TPSA) is 41.0 Å². The first-order valence-corrected chi connectivity index (χ1v) is 6.23. The van der Waals surface area contributed by atoms with E-state index in [0.29, 0.717) is 5.52 Å². The van der Waals surface area contributed by atoms with E-state index in [1.54, 1.807) is 10.6 Å². The third-order valence-corrected chi connectivity index (χ3v) is 3.64. The zero-order chi connectivity index (χ0) is 12.7. The van der Waals surface area contributed by atoms with E-state index in [-0.39, 0.29) is 17.5 Å². The predicted molar refractivity (Wildman–Crippen MR) is 68.3 cm³/mol. The van der Waals surface area contributed by atoms with E-state index in [4.69, 9.17) is 0 Å². The lowest BCUT2D eigenvalue weighted by Gasteiger charge is -2.30. The lowest BCUT2D eigenvalue weighted by Crippen LogP contribution is -2.36. The number of H-pyrrole nitrogens is 1. The largest absolute Gasteiger partial charge is 0.326 e. The number of nitrogens with one attached hydrogen (secondary N) is 1. The summed E-state index contributed by atoms with van der Waals surface area (Å²) < 4.78 is 14.9. The number of aromatic nitrogens is 2. The van der Waals surface area contributed by atoms with Crippen molar-refractivity contribution in [1.29, 1.82) is 0 Å². The molecule has 0 bridgehead atoms. The van der Waals surface area contributed by atoms with E-state index < -0.39 is 0 Å². The fourth-order valence-corrected chi connectivity index (χ4v) is 2.82. The Morgan fingerprint density at radius 2 is 2.28 bits per heavy atom. The van der Waals surface area contributed by atoms with E-state index in [2.05, 4.69) is 16.9 Å². The number of hydrogen-bond acceptors (Lipinski definition) is 2. The monoisotopic (exact) mass is 249 g/mol. The second-order valence-corrected chi connectivity index (χ2v) is 5.02. The summed E-state index contributed by atoms with van der Waals surface area (Å²) in [6, 6.07) is 4.63. The number of piperidine rings is 1. The van der Waals surface area contributed by atoms with Gasteiger partial charge in [-0.1, -0.05) is 0 Å². The van der Waals surface area contributed by atoms with Gasteiger partial charge in [0.25, 0.3) is 0 Å². The quantitative estimate of drug-likeness (QED) is 0.836. The van der Waals surface area contributed by atoms with Gasteiger partial charge in [-0.15, -0.1) is 0 Å². The minimum Gasteiger partial charge on any atom is -0.305 e. The van der Waals surface area contributed by atoms with Crippen molar-refractivity contribution in [3.8, 4) is 0 Å². The molecule has 1 saturated heterocycles. The normalized spacial score (nSPS) is 21.6. The summed E-state index contributed by atoms with van der Waals surface area (Å²) in [5.74, 6) is -0.323. The van der Waals surface area contributed by atoms with Gasteiger partial charge in [0.05, 0.1) is 17.1 Å². The van der Waals surface area contributed by atoms with Crippen LogP contribution in [0.4, 0.5) is 4.39 Å². The van der Waals surface area contributed by atoms with Crippen molar-refractivity contribution in [2.45, 2.75) is 18.9 Å². The van der Waals surface area contributed by atoms with Gasteiger partial charge in [0.2, 0.25) is 0 Å². The summed E-state index contributed by atoms with van der Waals surface area (Å²) in [7, 11) is 2.06. The zero-order valence-corrected chi connectivity index (χ0v) is 10.3. The van der Waals surface area contributed by atoms with Crippen molar-refractivity contribution in [2.24, 2.45) is 0 Å². The maximum absolute atomic E-state index is 13.1. The number of imidazole rings is 1. The number of fused-ring (bicyclic) bond motifs is 1. The molecule has 1 N–H and O–H groups in total. The van der Waals surface area contributed by atoms with Gasteiger partial charge in [-0.25, -0.2) is 9.18 Å². The fourth-order valence-electron chi connectivity index (χ4n) is 2.82. The van der Waals surface area contributed by atoms with Crippen LogP contribution in [0.5, 0.6) is 0 Å². The summed E-state index contributed by atoms with van der Waals surface area (Å²) in [6.07, 6.45) is 2.08. The first kappa shape index (κ1) is 11.5. The number of halogens is 1. The molecule has 0 saturated carbocycles.